The lowest BCUT2D eigenvalue weighted by molar-refractivity contribution is 0.0896. The first-order chi connectivity index (χ1) is 11.1. The summed E-state index contributed by atoms with van der Waals surface area (Å²) in [4.78, 5) is 16.7. The predicted molar refractivity (Wildman–Crippen MR) is 92.1 cm³/mol. The predicted octanol–water partition coefficient (Wildman–Crippen LogP) is 1.78. The zero-order valence-electron chi connectivity index (χ0n) is 14.0. The molecule has 1 aliphatic rings. The summed E-state index contributed by atoms with van der Waals surface area (Å²) in [5.74, 6) is 0.0425. The van der Waals surface area contributed by atoms with Crippen molar-refractivity contribution in [3.05, 3.63) is 16.6 Å². The van der Waals surface area contributed by atoms with Gasteiger partial charge in [0.15, 0.2) is 0 Å². The average Bonchev–Trinajstić information content (AvgIpc) is 3.09. The highest BCUT2D eigenvalue weighted by Gasteiger charge is 2.22. The fourth-order valence-electron chi connectivity index (χ4n) is 3.09. The van der Waals surface area contributed by atoms with Gasteiger partial charge in [-0.3, -0.25) is 9.48 Å². The molecule has 6 nitrogen and oxygen atoms in total. The van der Waals surface area contributed by atoms with Crippen molar-refractivity contribution in [3.63, 3.8) is 0 Å². The normalized spacial score (nSPS) is 17.0. The van der Waals surface area contributed by atoms with E-state index in [-0.39, 0.29) is 11.9 Å². The minimum absolute atomic E-state index is 0.0425. The quantitative estimate of drug-likeness (QED) is 0.904. The van der Waals surface area contributed by atoms with Crippen LogP contribution in [-0.4, -0.2) is 60.0 Å². The second-order valence-corrected chi connectivity index (χ2v) is 7.15. The molecule has 0 saturated carbocycles. The summed E-state index contributed by atoms with van der Waals surface area (Å²) in [6.07, 6.45) is 2.00. The van der Waals surface area contributed by atoms with Crippen LogP contribution >= 0.6 is 11.3 Å². The number of nitrogens with zero attached hydrogens (tertiary/aromatic N) is 3. The summed E-state index contributed by atoms with van der Waals surface area (Å²) >= 11 is 1.51. The van der Waals surface area contributed by atoms with Crippen molar-refractivity contribution in [2.45, 2.75) is 25.8 Å². The summed E-state index contributed by atoms with van der Waals surface area (Å²) in [5, 5.41) is 8.64. The monoisotopic (exact) mass is 336 g/mol. The van der Waals surface area contributed by atoms with Crippen LogP contribution in [0.25, 0.3) is 10.2 Å². The lowest BCUT2D eigenvalue weighted by Gasteiger charge is -2.32. The molecule has 2 aromatic rings. The number of rotatable bonds is 5. The maximum Gasteiger partial charge on any atom is 0.261 e. The Kier molecular flexibility index (Phi) is 4.99. The molecule has 3 heterocycles. The van der Waals surface area contributed by atoms with Crippen LogP contribution < -0.4 is 5.32 Å². The topological polar surface area (TPSA) is 59.4 Å². The largest absolute Gasteiger partial charge is 0.383 e. The van der Waals surface area contributed by atoms with E-state index in [2.05, 4.69) is 15.3 Å². The molecule has 1 N–H and O–H groups in total. The molecule has 0 unspecified atom stereocenters. The zero-order chi connectivity index (χ0) is 16.4. The van der Waals surface area contributed by atoms with Crippen molar-refractivity contribution in [2.75, 3.05) is 33.4 Å². The molecule has 126 valence electrons. The van der Waals surface area contributed by atoms with Gasteiger partial charge in [-0.2, -0.15) is 5.10 Å². The third-order valence-corrected chi connectivity index (χ3v) is 5.66. The smallest absolute Gasteiger partial charge is 0.261 e. The van der Waals surface area contributed by atoms with Crippen molar-refractivity contribution in [1.29, 1.82) is 0 Å². The van der Waals surface area contributed by atoms with Crippen LogP contribution in [0, 0.1) is 6.92 Å². The van der Waals surface area contributed by atoms with Gasteiger partial charge in [0.25, 0.3) is 5.91 Å². The molecule has 1 saturated heterocycles. The number of aromatic nitrogens is 2. The number of amides is 1. The molecular formula is C16H24N4O2S. The number of hydrogen-bond donors (Lipinski definition) is 1. The highest BCUT2D eigenvalue weighted by Crippen LogP contribution is 2.27. The Hall–Kier alpha value is -1.44. The Morgan fingerprint density at radius 1 is 1.48 bits per heavy atom. The Morgan fingerprint density at radius 2 is 2.22 bits per heavy atom. The number of ether oxygens (including phenoxy) is 1. The van der Waals surface area contributed by atoms with E-state index in [1.807, 2.05) is 24.7 Å². The Bertz CT molecular complexity index is 651. The summed E-state index contributed by atoms with van der Waals surface area (Å²) in [6.45, 7) is 5.76. The average molecular weight is 336 g/mol. The van der Waals surface area contributed by atoms with E-state index < -0.39 is 0 Å². The van der Waals surface area contributed by atoms with Crippen LogP contribution in [0.1, 0.15) is 28.2 Å². The Labute approximate surface area is 140 Å². The molecule has 0 spiro atoms. The molecule has 1 amide bonds. The maximum atomic E-state index is 12.5. The van der Waals surface area contributed by atoms with E-state index in [1.165, 1.54) is 11.3 Å². The number of fused-ring (bicyclic) bond motifs is 1. The summed E-state index contributed by atoms with van der Waals surface area (Å²) in [6, 6.07) is 2.23. The number of piperidine rings is 1. The molecule has 0 bridgehead atoms. The molecule has 2 aromatic heterocycles. The summed E-state index contributed by atoms with van der Waals surface area (Å²) < 4.78 is 6.96. The minimum Gasteiger partial charge on any atom is -0.383 e. The van der Waals surface area contributed by atoms with Gasteiger partial charge in [-0.25, -0.2) is 0 Å². The van der Waals surface area contributed by atoms with Gasteiger partial charge >= 0.3 is 0 Å². The van der Waals surface area contributed by atoms with Gasteiger partial charge in [-0.1, -0.05) is 0 Å². The lowest BCUT2D eigenvalue weighted by atomic mass is 10.1. The number of hydrogen-bond acceptors (Lipinski definition) is 5. The van der Waals surface area contributed by atoms with Crippen molar-refractivity contribution < 1.29 is 9.53 Å². The molecule has 1 fully saturated rings. The van der Waals surface area contributed by atoms with E-state index >= 15 is 0 Å². The van der Waals surface area contributed by atoms with Crippen LogP contribution in [0.5, 0.6) is 0 Å². The Balaban J connectivity index is 1.57. The highest BCUT2D eigenvalue weighted by molar-refractivity contribution is 7.20. The van der Waals surface area contributed by atoms with E-state index in [1.54, 1.807) is 7.11 Å². The number of carbonyl (C=O) groups excluding carboxylic acids is 1. The number of carbonyl (C=O) groups is 1. The maximum absolute atomic E-state index is 12.5. The van der Waals surface area contributed by atoms with E-state index in [0.717, 1.165) is 59.9 Å². The third kappa shape index (κ3) is 3.57. The van der Waals surface area contributed by atoms with E-state index in [4.69, 9.17) is 4.74 Å². The summed E-state index contributed by atoms with van der Waals surface area (Å²) in [7, 11) is 3.65. The van der Waals surface area contributed by atoms with Gasteiger partial charge in [-0.05, 0) is 25.8 Å². The summed E-state index contributed by atoms with van der Waals surface area (Å²) in [5.41, 5.74) is 0.976. The minimum atomic E-state index is 0.0425. The van der Waals surface area contributed by atoms with Gasteiger partial charge in [0.1, 0.15) is 4.83 Å². The fraction of sp³-hybridized carbons (Fsp3) is 0.625. The number of thiophene rings is 1. The molecule has 1 aliphatic heterocycles. The van der Waals surface area contributed by atoms with Crippen LogP contribution in [0.4, 0.5) is 0 Å². The molecule has 3 rings (SSSR count). The second kappa shape index (κ2) is 6.98. The molecule has 23 heavy (non-hydrogen) atoms. The first-order valence-corrected chi connectivity index (χ1v) is 8.85. The SMILES string of the molecule is COCCN1CCC(NC(=O)c2cc3c(C)nn(C)c3s2)CC1. The molecule has 7 heteroatoms. The van der Waals surface area contributed by atoms with Crippen LogP contribution in [-0.2, 0) is 11.8 Å². The molecule has 0 radical (unpaired) electrons. The number of nitrogens with one attached hydrogen (secondary N) is 1. The molecular weight excluding hydrogens is 312 g/mol. The first kappa shape index (κ1) is 16.4. The van der Waals surface area contributed by atoms with E-state index in [0.29, 0.717) is 0 Å². The Morgan fingerprint density at radius 3 is 2.87 bits per heavy atom. The van der Waals surface area contributed by atoms with Crippen molar-refractivity contribution in [1.82, 2.24) is 20.0 Å². The number of methoxy groups -OCH3 is 1. The lowest BCUT2D eigenvalue weighted by Crippen LogP contribution is -2.45. The number of aryl methyl sites for hydroxylation is 2. The van der Waals surface area contributed by atoms with Crippen molar-refractivity contribution >= 4 is 27.5 Å². The van der Waals surface area contributed by atoms with Gasteiger partial charge in [0, 0.05) is 45.2 Å². The molecule has 0 atom stereocenters. The van der Waals surface area contributed by atoms with E-state index in [9.17, 15) is 4.79 Å². The van der Waals surface area contributed by atoms with Gasteiger partial charge in [0.2, 0.25) is 0 Å². The van der Waals surface area contributed by atoms with Crippen molar-refractivity contribution in [3.8, 4) is 0 Å². The van der Waals surface area contributed by atoms with Crippen molar-refractivity contribution in [2.24, 2.45) is 7.05 Å². The van der Waals surface area contributed by atoms with Crippen LogP contribution in [0.3, 0.4) is 0 Å². The molecule has 0 aromatic carbocycles. The standard InChI is InChI=1S/C16H24N4O2S/c1-11-13-10-14(23-16(13)19(2)18-11)15(21)17-12-4-6-20(7-5-12)8-9-22-3/h10,12H,4-9H2,1-3H3,(H,17,21). The van der Waals surface area contributed by atoms with Gasteiger partial charge in [-0.15, -0.1) is 11.3 Å². The van der Waals surface area contributed by atoms with Crippen LogP contribution in [0.15, 0.2) is 6.07 Å². The van der Waals surface area contributed by atoms with Gasteiger partial charge < -0.3 is 15.0 Å². The fourth-order valence-corrected chi connectivity index (χ4v) is 4.12. The van der Waals surface area contributed by atoms with Gasteiger partial charge in [0.05, 0.1) is 17.2 Å². The zero-order valence-corrected chi connectivity index (χ0v) is 14.8. The second-order valence-electron chi connectivity index (χ2n) is 6.12. The first-order valence-electron chi connectivity index (χ1n) is 8.03. The van der Waals surface area contributed by atoms with Crippen LogP contribution in [0.2, 0.25) is 0 Å². The third-order valence-electron chi connectivity index (χ3n) is 4.45. The highest BCUT2D eigenvalue weighted by atomic mass is 32.1. The number of likely N-dealkylation sites (tertiary alicyclic amines) is 1. The molecule has 0 aliphatic carbocycles.